The van der Waals surface area contributed by atoms with E-state index in [1.807, 2.05) is 18.2 Å². The van der Waals surface area contributed by atoms with E-state index in [1.165, 1.54) is 14.2 Å². The average molecular weight is 411 g/mol. The van der Waals surface area contributed by atoms with Crippen molar-refractivity contribution in [2.75, 3.05) is 21.3 Å². The summed E-state index contributed by atoms with van der Waals surface area (Å²) in [6.45, 7) is 1.76. The Hall–Kier alpha value is -3.35. The number of benzene rings is 2. The summed E-state index contributed by atoms with van der Waals surface area (Å²) in [4.78, 5) is 39.0. The molecule has 2 aromatic carbocycles. The molecule has 3 rings (SSSR count). The van der Waals surface area contributed by atoms with Gasteiger partial charge in [-0.2, -0.15) is 0 Å². The van der Waals surface area contributed by atoms with Gasteiger partial charge in [0.1, 0.15) is 11.8 Å². The van der Waals surface area contributed by atoms with Crippen LogP contribution in [-0.4, -0.2) is 50.1 Å². The van der Waals surface area contributed by atoms with E-state index in [4.69, 9.17) is 14.2 Å². The first kappa shape index (κ1) is 21.4. The van der Waals surface area contributed by atoms with Gasteiger partial charge in [-0.1, -0.05) is 25.1 Å². The molecule has 0 aromatic heterocycles. The standard InChI is InChI=1S/C23H25NO6/c1-5-20(25)24-19(23(27)30-4)13-16-12-17(28-2)10-11-18(16)21(24)14-6-8-15(9-7-14)22(26)29-3/h6-12,19,21H,5,13H2,1-4H3/t19-,21-/m1/s1. The van der Waals surface area contributed by atoms with Gasteiger partial charge < -0.3 is 19.1 Å². The van der Waals surface area contributed by atoms with Gasteiger partial charge in [0.2, 0.25) is 5.91 Å². The van der Waals surface area contributed by atoms with Crippen LogP contribution in [0.25, 0.3) is 0 Å². The van der Waals surface area contributed by atoms with Crippen molar-refractivity contribution in [1.82, 2.24) is 4.90 Å². The molecule has 7 heteroatoms. The fraction of sp³-hybridized carbons (Fsp3) is 0.348. The molecule has 0 saturated carbocycles. The molecule has 2 atom stereocenters. The average Bonchev–Trinajstić information content (AvgIpc) is 2.80. The summed E-state index contributed by atoms with van der Waals surface area (Å²) in [5, 5.41) is 0. The summed E-state index contributed by atoms with van der Waals surface area (Å²) in [6.07, 6.45) is 0.581. The highest BCUT2D eigenvalue weighted by Crippen LogP contribution is 2.40. The van der Waals surface area contributed by atoms with Gasteiger partial charge >= 0.3 is 11.9 Å². The molecule has 0 saturated heterocycles. The lowest BCUT2D eigenvalue weighted by atomic mass is 9.84. The third kappa shape index (κ3) is 3.87. The summed E-state index contributed by atoms with van der Waals surface area (Å²) in [5.41, 5.74) is 3.00. The maximum atomic E-state index is 13.0. The molecule has 1 amide bonds. The van der Waals surface area contributed by atoms with Crippen LogP contribution in [0.2, 0.25) is 0 Å². The van der Waals surface area contributed by atoms with E-state index in [0.29, 0.717) is 17.7 Å². The van der Waals surface area contributed by atoms with E-state index in [1.54, 1.807) is 43.2 Å². The Labute approximate surface area is 175 Å². The summed E-state index contributed by atoms with van der Waals surface area (Å²) < 4.78 is 15.1. The lowest BCUT2D eigenvalue weighted by Crippen LogP contribution is -2.51. The molecule has 1 aliphatic heterocycles. The Morgan fingerprint density at radius 3 is 2.27 bits per heavy atom. The number of hydrogen-bond donors (Lipinski definition) is 0. The minimum Gasteiger partial charge on any atom is -0.497 e. The molecule has 0 bridgehead atoms. The van der Waals surface area contributed by atoms with E-state index >= 15 is 0 Å². The quantitative estimate of drug-likeness (QED) is 0.704. The lowest BCUT2D eigenvalue weighted by molar-refractivity contribution is -0.155. The van der Waals surface area contributed by atoms with Crippen LogP contribution in [0, 0.1) is 0 Å². The normalized spacial score (nSPS) is 17.7. The lowest BCUT2D eigenvalue weighted by Gasteiger charge is -2.42. The highest BCUT2D eigenvalue weighted by molar-refractivity contribution is 5.89. The fourth-order valence-electron chi connectivity index (χ4n) is 3.88. The van der Waals surface area contributed by atoms with E-state index < -0.39 is 24.0 Å². The second-order valence-corrected chi connectivity index (χ2v) is 6.98. The van der Waals surface area contributed by atoms with Crippen molar-refractivity contribution in [1.29, 1.82) is 0 Å². The fourth-order valence-corrected chi connectivity index (χ4v) is 3.88. The first-order chi connectivity index (χ1) is 14.4. The van der Waals surface area contributed by atoms with Crippen molar-refractivity contribution in [3.63, 3.8) is 0 Å². The first-order valence-corrected chi connectivity index (χ1v) is 9.69. The van der Waals surface area contributed by atoms with Crippen molar-refractivity contribution in [2.45, 2.75) is 31.8 Å². The van der Waals surface area contributed by atoms with E-state index in [9.17, 15) is 14.4 Å². The van der Waals surface area contributed by atoms with Crippen molar-refractivity contribution in [3.05, 3.63) is 64.7 Å². The summed E-state index contributed by atoms with van der Waals surface area (Å²) in [5.74, 6) is -0.396. The molecule has 0 aliphatic carbocycles. The molecule has 0 radical (unpaired) electrons. The SMILES string of the molecule is CCC(=O)N1[C@H](c2ccc(C(=O)OC)cc2)c2ccc(OC)cc2C[C@@H]1C(=O)OC. The summed E-state index contributed by atoms with van der Waals surface area (Å²) >= 11 is 0. The van der Waals surface area contributed by atoms with Crippen LogP contribution in [0.4, 0.5) is 0 Å². The first-order valence-electron chi connectivity index (χ1n) is 9.69. The van der Waals surface area contributed by atoms with E-state index in [-0.39, 0.29) is 12.3 Å². The third-order valence-corrected chi connectivity index (χ3v) is 5.38. The molecule has 30 heavy (non-hydrogen) atoms. The number of fused-ring (bicyclic) bond motifs is 1. The van der Waals surface area contributed by atoms with Crippen LogP contribution >= 0.6 is 0 Å². The molecule has 0 N–H and O–H groups in total. The molecule has 2 aromatic rings. The van der Waals surface area contributed by atoms with Crippen LogP contribution < -0.4 is 4.74 Å². The van der Waals surface area contributed by atoms with Gasteiger partial charge in [-0.15, -0.1) is 0 Å². The highest BCUT2D eigenvalue weighted by atomic mass is 16.5. The third-order valence-electron chi connectivity index (χ3n) is 5.38. The van der Waals surface area contributed by atoms with Crippen LogP contribution in [-0.2, 0) is 25.5 Å². The Morgan fingerprint density at radius 2 is 1.70 bits per heavy atom. The van der Waals surface area contributed by atoms with Gasteiger partial charge in [0.15, 0.2) is 0 Å². The monoisotopic (exact) mass is 411 g/mol. The zero-order valence-corrected chi connectivity index (χ0v) is 17.5. The minimum atomic E-state index is -0.757. The van der Waals surface area contributed by atoms with Crippen LogP contribution in [0.15, 0.2) is 42.5 Å². The number of hydrogen-bond acceptors (Lipinski definition) is 6. The van der Waals surface area contributed by atoms with Crippen molar-refractivity contribution in [2.24, 2.45) is 0 Å². The number of carbonyl (C=O) groups excluding carboxylic acids is 3. The van der Waals surface area contributed by atoms with Crippen molar-refractivity contribution >= 4 is 17.8 Å². The second-order valence-electron chi connectivity index (χ2n) is 6.98. The Bertz CT molecular complexity index is 953. The number of nitrogens with zero attached hydrogens (tertiary/aromatic N) is 1. The van der Waals surface area contributed by atoms with Gasteiger partial charge in [0.25, 0.3) is 0 Å². The largest absolute Gasteiger partial charge is 0.497 e. The van der Waals surface area contributed by atoms with Crippen LogP contribution in [0.5, 0.6) is 5.75 Å². The Balaban J connectivity index is 2.17. The summed E-state index contributed by atoms with van der Waals surface area (Å²) in [7, 11) is 4.22. The Morgan fingerprint density at radius 1 is 1.00 bits per heavy atom. The van der Waals surface area contributed by atoms with E-state index in [2.05, 4.69) is 0 Å². The van der Waals surface area contributed by atoms with Crippen molar-refractivity contribution in [3.8, 4) is 5.75 Å². The number of esters is 2. The predicted molar refractivity (Wildman–Crippen MR) is 109 cm³/mol. The zero-order valence-electron chi connectivity index (χ0n) is 17.5. The molecule has 1 heterocycles. The van der Waals surface area contributed by atoms with E-state index in [0.717, 1.165) is 16.7 Å². The molecular weight excluding hydrogens is 386 g/mol. The maximum absolute atomic E-state index is 13.0. The molecule has 0 unspecified atom stereocenters. The topological polar surface area (TPSA) is 82.1 Å². The zero-order chi connectivity index (χ0) is 21.8. The number of ether oxygens (including phenoxy) is 3. The molecule has 0 fully saturated rings. The van der Waals surface area contributed by atoms with Crippen molar-refractivity contribution < 1.29 is 28.6 Å². The summed E-state index contributed by atoms with van der Waals surface area (Å²) in [6, 6.07) is 11.2. The van der Waals surface area contributed by atoms with Gasteiger partial charge in [0.05, 0.1) is 32.9 Å². The molecule has 158 valence electrons. The number of methoxy groups -OCH3 is 3. The van der Waals surface area contributed by atoms with Gasteiger partial charge in [-0.3, -0.25) is 4.79 Å². The Kier molecular flexibility index (Phi) is 6.40. The second kappa shape index (κ2) is 8.98. The minimum absolute atomic E-state index is 0.158. The van der Waals surface area contributed by atoms with Gasteiger partial charge in [-0.05, 0) is 41.0 Å². The van der Waals surface area contributed by atoms with Crippen LogP contribution in [0.1, 0.15) is 46.4 Å². The van der Waals surface area contributed by atoms with Gasteiger partial charge in [0, 0.05) is 12.8 Å². The molecular formula is C23H25NO6. The predicted octanol–water partition coefficient (Wildman–Crippen LogP) is 2.91. The van der Waals surface area contributed by atoms with Crippen LogP contribution in [0.3, 0.4) is 0 Å². The highest BCUT2D eigenvalue weighted by Gasteiger charge is 2.42. The molecule has 7 nitrogen and oxygen atoms in total. The molecule has 1 aliphatic rings. The number of carbonyl (C=O) groups is 3. The van der Waals surface area contributed by atoms with Gasteiger partial charge in [-0.25, -0.2) is 9.59 Å². The number of amides is 1. The maximum Gasteiger partial charge on any atom is 0.337 e. The smallest absolute Gasteiger partial charge is 0.337 e. The molecule has 0 spiro atoms. The number of rotatable bonds is 5.